The molecule has 6 heteroatoms. The van der Waals surface area contributed by atoms with Crippen molar-refractivity contribution < 1.29 is 19.1 Å². The molecule has 2 rings (SSSR count). The summed E-state index contributed by atoms with van der Waals surface area (Å²) in [5.41, 5.74) is 0.227. The molecule has 1 amide bonds. The molecule has 0 radical (unpaired) electrons. The van der Waals surface area contributed by atoms with Gasteiger partial charge in [0.25, 0.3) is 5.91 Å². The normalized spacial score (nSPS) is 22.2. The number of hydrogen-bond donors (Lipinski definition) is 2. The Balaban J connectivity index is 2.00. The van der Waals surface area contributed by atoms with Crippen molar-refractivity contribution in [1.82, 2.24) is 5.32 Å². The third-order valence-corrected chi connectivity index (χ3v) is 3.70. The molecule has 1 fully saturated rings. The van der Waals surface area contributed by atoms with Crippen molar-refractivity contribution in [1.29, 1.82) is 0 Å². The molecule has 0 aliphatic heterocycles. The van der Waals surface area contributed by atoms with Gasteiger partial charge < -0.3 is 10.4 Å². The Hall–Kier alpha value is -1.43. The lowest BCUT2D eigenvalue weighted by molar-refractivity contribution is -0.141. The minimum Gasteiger partial charge on any atom is -0.481 e. The highest BCUT2D eigenvalue weighted by atomic mass is 79.9. The minimum absolute atomic E-state index is 0.157. The number of hydrogen-bond acceptors (Lipinski definition) is 2. The lowest BCUT2D eigenvalue weighted by Gasteiger charge is -2.12. The zero-order valence-corrected chi connectivity index (χ0v) is 11.6. The standard InChI is InChI=1S/C13H13BrFNO3/c14-9-3-8(4-10(15)6-9)12(17)16-11-2-1-7(5-11)13(18)19/h3-4,6-7,11H,1-2,5H2,(H,16,17)(H,18,19)/t7-,11+/m0/s1. The fourth-order valence-electron chi connectivity index (χ4n) is 2.29. The average molecular weight is 330 g/mol. The number of carbonyl (C=O) groups excluding carboxylic acids is 1. The van der Waals surface area contributed by atoms with Crippen molar-refractivity contribution in [2.24, 2.45) is 5.92 Å². The highest BCUT2D eigenvalue weighted by Gasteiger charge is 2.30. The van der Waals surface area contributed by atoms with Gasteiger partial charge >= 0.3 is 5.97 Å². The molecule has 4 nitrogen and oxygen atoms in total. The van der Waals surface area contributed by atoms with Crippen LogP contribution in [0.1, 0.15) is 29.6 Å². The molecule has 0 heterocycles. The lowest BCUT2D eigenvalue weighted by atomic mass is 10.1. The molecule has 19 heavy (non-hydrogen) atoms. The van der Waals surface area contributed by atoms with E-state index >= 15 is 0 Å². The zero-order chi connectivity index (χ0) is 14.0. The summed E-state index contributed by atoms with van der Waals surface area (Å²) < 4.78 is 13.7. The molecule has 1 aromatic carbocycles. The van der Waals surface area contributed by atoms with E-state index in [2.05, 4.69) is 21.2 Å². The van der Waals surface area contributed by atoms with Crippen LogP contribution in [0.5, 0.6) is 0 Å². The Morgan fingerprint density at radius 3 is 2.63 bits per heavy atom. The Bertz CT molecular complexity index is 500. The van der Waals surface area contributed by atoms with Crippen LogP contribution in [0.4, 0.5) is 4.39 Å². The third-order valence-electron chi connectivity index (χ3n) is 3.24. The van der Waals surface area contributed by atoms with Crippen LogP contribution in [-0.4, -0.2) is 23.0 Å². The maximum atomic E-state index is 13.2. The van der Waals surface area contributed by atoms with Crippen molar-refractivity contribution in [3.05, 3.63) is 34.1 Å². The number of halogens is 2. The summed E-state index contributed by atoms with van der Waals surface area (Å²) in [6.45, 7) is 0. The van der Waals surface area contributed by atoms with Gasteiger partial charge in [0.2, 0.25) is 0 Å². The van der Waals surface area contributed by atoms with E-state index in [1.165, 1.54) is 12.1 Å². The second-order valence-corrected chi connectivity index (χ2v) is 5.59. The van der Waals surface area contributed by atoms with Crippen molar-refractivity contribution in [2.75, 3.05) is 0 Å². The van der Waals surface area contributed by atoms with Crippen LogP contribution in [-0.2, 0) is 4.79 Å². The van der Waals surface area contributed by atoms with Gasteiger partial charge in [-0.15, -0.1) is 0 Å². The number of nitrogens with one attached hydrogen (secondary N) is 1. The van der Waals surface area contributed by atoms with Gasteiger partial charge in [0, 0.05) is 16.1 Å². The average Bonchev–Trinajstić information content (AvgIpc) is 2.76. The topological polar surface area (TPSA) is 66.4 Å². The summed E-state index contributed by atoms with van der Waals surface area (Å²) >= 11 is 3.12. The molecule has 0 bridgehead atoms. The van der Waals surface area contributed by atoms with Gasteiger partial charge in [-0.25, -0.2) is 4.39 Å². The Morgan fingerprint density at radius 1 is 1.32 bits per heavy atom. The summed E-state index contributed by atoms with van der Waals surface area (Å²) in [5.74, 6) is -2.10. The van der Waals surface area contributed by atoms with Crippen molar-refractivity contribution in [3.8, 4) is 0 Å². The summed E-state index contributed by atoms with van der Waals surface area (Å²) in [6.07, 6.45) is 1.63. The largest absolute Gasteiger partial charge is 0.481 e. The highest BCUT2D eigenvalue weighted by Crippen LogP contribution is 2.26. The Morgan fingerprint density at radius 2 is 2.05 bits per heavy atom. The first-order valence-electron chi connectivity index (χ1n) is 5.95. The lowest BCUT2D eigenvalue weighted by Crippen LogP contribution is -2.33. The van der Waals surface area contributed by atoms with E-state index in [0.717, 1.165) is 6.07 Å². The molecule has 0 unspecified atom stereocenters. The number of amides is 1. The zero-order valence-electron chi connectivity index (χ0n) is 10.0. The molecule has 0 saturated heterocycles. The van der Waals surface area contributed by atoms with Gasteiger partial charge in [-0.3, -0.25) is 9.59 Å². The van der Waals surface area contributed by atoms with Crippen LogP contribution in [0.3, 0.4) is 0 Å². The van der Waals surface area contributed by atoms with E-state index in [-0.39, 0.29) is 17.5 Å². The van der Waals surface area contributed by atoms with E-state index in [9.17, 15) is 14.0 Å². The van der Waals surface area contributed by atoms with Crippen LogP contribution in [0.2, 0.25) is 0 Å². The second kappa shape index (κ2) is 5.69. The molecule has 102 valence electrons. The summed E-state index contributed by atoms with van der Waals surface area (Å²) in [5, 5.41) is 11.6. The number of carbonyl (C=O) groups is 2. The number of aliphatic carboxylic acids is 1. The molecule has 2 N–H and O–H groups in total. The van der Waals surface area contributed by atoms with Gasteiger partial charge in [0.15, 0.2) is 0 Å². The predicted molar refractivity (Wildman–Crippen MR) is 70.3 cm³/mol. The van der Waals surface area contributed by atoms with Gasteiger partial charge in [0.05, 0.1) is 5.92 Å². The van der Waals surface area contributed by atoms with Crippen molar-refractivity contribution >= 4 is 27.8 Å². The summed E-state index contributed by atoms with van der Waals surface area (Å²) in [4.78, 5) is 22.8. The van der Waals surface area contributed by atoms with Crippen LogP contribution in [0.15, 0.2) is 22.7 Å². The maximum absolute atomic E-state index is 13.2. The quantitative estimate of drug-likeness (QED) is 0.895. The van der Waals surface area contributed by atoms with E-state index < -0.39 is 17.7 Å². The first-order chi connectivity index (χ1) is 8.95. The first kappa shape index (κ1) is 14.0. The fourth-order valence-corrected chi connectivity index (χ4v) is 2.76. The summed E-state index contributed by atoms with van der Waals surface area (Å²) in [6, 6.07) is 3.80. The number of benzene rings is 1. The molecule has 2 atom stereocenters. The van der Waals surface area contributed by atoms with Crippen LogP contribution < -0.4 is 5.32 Å². The molecule has 1 aliphatic rings. The van der Waals surface area contributed by atoms with Crippen molar-refractivity contribution in [3.63, 3.8) is 0 Å². The molecule has 1 aromatic rings. The van der Waals surface area contributed by atoms with E-state index in [0.29, 0.717) is 23.7 Å². The van der Waals surface area contributed by atoms with Crippen molar-refractivity contribution in [2.45, 2.75) is 25.3 Å². The SMILES string of the molecule is O=C(N[C@@H]1CC[C@H](C(=O)O)C1)c1cc(F)cc(Br)c1. The van der Waals surface area contributed by atoms with Gasteiger partial charge in [0.1, 0.15) is 5.82 Å². The Kier molecular flexibility index (Phi) is 4.19. The molecule has 0 aromatic heterocycles. The fraction of sp³-hybridized carbons (Fsp3) is 0.385. The first-order valence-corrected chi connectivity index (χ1v) is 6.75. The molecule has 1 saturated carbocycles. The van der Waals surface area contributed by atoms with Crippen LogP contribution >= 0.6 is 15.9 Å². The number of rotatable bonds is 3. The number of carboxylic acid groups (broad SMARTS) is 1. The van der Waals surface area contributed by atoms with Gasteiger partial charge in [-0.2, -0.15) is 0 Å². The molecule has 0 spiro atoms. The maximum Gasteiger partial charge on any atom is 0.306 e. The predicted octanol–water partition coefficient (Wildman–Crippen LogP) is 2.57. The van der Waals surface area contributed by atoms with E-state index in [1.54, 1.807) is 0 Å². The molecular weight excluding hydrogens is 317 g/mol. The highest BCUT2D eigenvalue weighted by molar-refractivity contribution is 9.10. The van der Waals surface area contributed by atoms with E-state index in [1.807, 2.05) is 0 Å². The van der Waals surface area contributed by atoms with Crippen LogP contribution in [0.25, 0.3) is 0 Å². The van der Waals surface area contributed by atoms with Crippen LogP contribution in [0, 0.1) is 11.7 Å². The van der Waals surface area contributed by atoms with Gasteiger partial charge in [-0.05, 0) is 37.5 Å². The second-order valence-electron chi connectivity index (χ2n) is 4.68. The smallest absolute Gasteiger partial charge is 0.306 e. The van der Waals surface area contributed by atoms with E-state index in [4.69, 9.17) is 5.11 Å². The monoisotopic (exact) mass is 329 g/mol. The summed E-state index contributed by atoms with van der Waals surface area (Å²) in [7, 11) is 0. The van der Waals surface area contributed by atoms with Gasteiger partial charge in [-0.1, -0.05) is 15.9 Å². The molecular formula is C13H13BrFNO3. The number of carboxylic acids is 1. The molecule has 1 aliphatic carbocycles. The third kappa shape index (κ3) is 3.53. The minimum atomic E-state index is -0.828. The Labute approximate surface area is 118 Å².